The van der Waals surface area contributed by atoms with Gasteiger partial charge in [-0.05, 0) is 5.56 Å². The SMILES string of the molecule is N#CCC(c1ccccc1)N1CCS(=O)(=O)CC1. The van der Waals surface area contributed by atoms with Crippen LogP contribution < -0.4 is 0 Å². The Hall–Kier alpha value is -1.38. The normalized spacial score (nSPS) is 21.1. The molecule has 2 rings (SSSR count). The Bertz CT molecular complexity index is 520. The molecule has 5 heteroatoms. The topological polar surface area (TPSA) is 61.2 Å². The number of sulfone groups is 1. The molecule has 0 aliphatic carbocycles. The molecule has 0 radical (unpaired) electrons. The summed E-state index contributed by atoms with van der Waals surface area (Å²) >= 11 is 0. The standard InChI is InChI=1S/C13H16N2O2S/c14-7-6-13(12-4-2-1-3-5-12)15-8-10-18(16,17)11-9-15/h1-5,13H,6,8-11H2. The first-order valence-electron chi connectivity index (χ1n) is 5.99. The van der Waals surface area contributed by atoms with Crippen LogP contribution in [0, 0.1) is 11.3 Å². The minimum Gasteiger partial charge on any atom is -0.293 e. The third-order valence-corrected chi connectivity index (χ3v) is 4.90. The van der Waals surface area contributed by atoms with Crippen molar-refractivity contribution in [3.05, 3.63) is 35.9 Å². The van der Waals surface area contributed by atoms with Gasteiger partial charge < -0.3 is 0 Å². The van der Waals surface area contributed by atoms with Crippen LogP contribution in [0.5, 0.6) is 0 Å². The average molecular weight is 264 g/mol. The van der Waals surface area contributed by atoms with Gasteiger partial charge in [0, 0.05) is 19.1 Å². The number of nitriles is 1. The molecule has 1 saturated heterocycles. The van der Waals surface area contributed by atoms with E-state index in [1.165, 1.54) is 0 Å². The van der Waals surface area contributed by atoms with E-state index in [0.29, 0.717) is 19.5 Å². The minimum absolute atomic E-state index is 0.00620. The zero-order valence-electron chi connectivity index (χ0n) is 10.1. The monoisotopic (exact) mass is 264 g/mol. The lowest BCUT2D eigenvalue weighted by atomic mass is 10.0. The predicted molar refractivity (Wildman–Crippen MR) is 69.6 cm³/mol. The third kappa shape index (κ3) is 3.09. The zero-order valence-corrected chi connectivity index (χ0v) is 10.9. The predicted octanol–water partition coefficient (Wildman–Crippen LogP) is 1.37. The van der Waals surface area contributed by atoms with E-state index in [1.807, 2.05) is 30.3 Å². The lowest BCUT2D eigenvalue weighted by Crippen LogP contribution is -2.42. The van der Waals surface area contributed by atoms with Gasteiger partial charge in [0.15, 0.2) is 9.84 Å². The Kier molecular flexibility index (Phi) is 4.00. The van der Waals surface area contributed by atoms with Crippen molar-refractivity contribution in [2.45, 2.75) is 12.5 Å². The van der Waals surface area contributed by atoms with Gasteiger partial charge in [0.25, 0.3) is 0 Å². The molecular weight excluding hydrogens is 248 g/mol. The Balaban J connectivity index is 2.15. The lowest BCUT2D eigenvalue weighted by Gasteiger charge is -2.33. The first kappa shape index (κ1) is 13.1. The van der Waals surface area contributed by atoms with Gasteiger partial charge in [-0.15, -0.1) is 0 Å². The maximum atomic E-state index is 11.4. The van der Waals surface area contributed by atoms with Crippen molar-refractivity contribution < 1.29 is 8.42 Å². The summed E-state index contributed by atoms with van der Waals surface area (Å²) < 4.78 is 22.8. The van der Waals surface area contributed by atoms with Crippen molar-refractivity contribution >= 4 is 9.84 Å². The molecule has 1 aliphatic rings. The highest BCUT2D eigenvalue weighted by Gasteiger charge is 2.27. The van der Waals surface area contributed by atoms with Crippen molar-refractivity contribution in [1.29, 1.82) is 5.26 Å². The molecule has 1 aromatic carbocycles. The van der Waals surface area contributed by atoms with Crippen LogP contribution in [0.15, 0.2) is 30.3 Å². The third-order valence-electron chi connectivity index (χ3n) is 3.29. The maximum absolute atomic E-state index is 11.4. The average Bonchev–Trinajstić information content (AvgIpc) is 2.38. The molecule has 1 aromatic rings. The van der Waals surface area contributed by atoms with Crippen LogP contribution in [-0.4, -0.2) is 37.9 Å². The van der Waals surface area contributed by atoms with E-state index >= 15 is 0 Å². The molecule has 18 heavy (non-hydrogen) atoms. The summed E-state index contributed by atoms with van der Waals surface area (Å²) in [5, 5.41) is 8.94. The Morgan fingerprint density at radius 3 is 2.39 bits per heavy atom. The molecule has 0 amide bonds. The molecule has 1 atom stereocenters. The van der Waals surface area contributed by atoms with E-state index < -0.39 is 9.84 Å². The molecule has 0 saturated carbocycles. The zero-order chi connectivity index (χ0) is 13.0. The molecule has 0 bridgehead atoms. The summed E-state index contributed by atoms with van der Waals surface area (Å²) in [5.74, 6) is 0.392. The summed E-state index contributed by atoms with van der Waals surface area (Å²) in [4.78, 5) is 2.10. The van der Waals surface area contributed by atoms with Crippen LogP contribution in [-0.2, 0) is 9.84 Å². The molecule has 1 heterocycles. The fourth-order valence-electron chi connectivity index (χ4n) is 2.26. The number of hydrogen-bond donors (Lipinski definition) is 0. The van der Waals surface area contributed by atoms with Crippen molar-refractivity contribution in [3.8, 4) is 6.07 Å². The van der Waals surface area contributed by atoms with Crippen molar-refractivity contribution in [2.75, 3.05) is 24.6 Å². The Labute approximate surface area is 108 Å². The lowest BCUT2D eigenvalue weighted by molar-refractivity contribution is 0.216. The van der Waals surface area contributed by atoms with E-state index in [-0.39, 0.29) is 17.5 Å². The summed E-state index contributed by atoms with van der Waals surface area (Å²) in [5.41, 5.74) is 1.08. The molecule has 4 nitrogen and oxygen atoms in total. The molecule has 0 aromatic heterocycles. The summed E-state index contributed by atoms with van der Waals surface area (Å²) in [6.45, 7) is 1.03. The van der Waals surface area contributed by atoms with Gasteiger partial charge >= 0.3 is 0 Å². The molecule has 1 unspecified atom stereocenters. The second-order valence-electron chi connectivity index (χ2n) is 4.48. The number of nitrogens with zero attached hydrogens (tertiary/aromatic N) is 2. The highest BCUT2D eigenvalue weighted by Crippen LogP contribution is 2.25. The van der Waals surface area contributed by atoms with Crippen molar-refractivity contribution in [1.82, 2.24) is 4.90 Å². The minimum atomic E-state index is -2.87. The van der Waals surface area contributed by atoms with Gasteiger partial charge in [0.1, 0.15) is 0 Å². The van der Waals surface area contributed by atoms with Gasteiger partial charge in [0.05, 0.1) is 24.0 Å². The highest BCUT2D eigenvalue weighted by atomic mass is 32.2. The molecular formula is C13H16N2O2S. The summed E-state index contributed by atoms with van der Waals surface area (Å²) in [7, 11) is -2.87. The number of rotatable bonds is 3. The van der Waals surface area contributed by atoms with E-state index in [0.717, 1.165) is 5.56 Å². The van der Waals surface area contributed by atoms with E-state index in [1.54, 1.807) is 0 Å². The van der Waals surface area contributed by atoms with Crippen molar-refractivity contribution in [3.63, 3.8) is 0 Å². The molecule has 0 N–H and O–H groups in total. The largest absolute Gasteiger partial charge is 0.293 e. The Morgan fingerprint density at radius 1 is 1.22 bits per heavy atom. The molecule has 0 spiro atoms. The molecule has 1 aliphatic heterocycles. The van der Waals surface area contributed by atoms with Crippen LogP contribution in [0.1, 0.15) is 18.0 Å². The smallest absolute Gasteiger partial charge is 0.152 e. The first-order chi connectivity index (χ1) is 8.62. The Morgan fingerprint density at radius 2 is 1.83 bits per heavy atom. The summed E-state index contributed by atoms with van der Waals surface area (Å²) in [6, 6.07) is 12.0. The molecule has 96 valence electrons. The second kappa shape index (κ2) is 5.51. The van der Waals surface area contributed by atoms with Gasteiger partial charge in [-0.2, -0.15) is 5.26 Å². The van der Waals surface area contributed by atoms with E-state index in [9.17, 15) is 8.42 Å². The van der Waals surface area contributed by atoms with Crippen LogP contribution in [0.3, 0.4) is 0 Å². The van der Waals surface area contributed by atoms with Gasteiger partial charge in [-0.25, -0.2) is 8.42 Å². The number of benzene rings is 1. The van der Waals surface area contributed by atoms with Gasteiger partial charge in [0.2, 0.25) is 0 Å². The fourth-order valence-corrected chi connectivity index (χ4v) is 3.49. The van der Waals surface area contributed by atoms with Crippen LogP contribution >= 0.6 is 0 Å². The second-order valence-corrected chi connectivity index (χ2v) is 6.78. The van der Waals surface area contributed by atoms with Gasteiger partial charge in [-0.1, -0.05) is 30.3 Å². The summed E-state index contributed by atoms with van der Waals surface area (Å²) in [6.07, 6.45) is 0.393. The van der Waals surface area contributed by atoms with Gasteiger partial charge in [-0.3, -0.25) is 4.90 Å². The van der Waals surface area contributed by atoms with E-state index in [4.69, 9.17) is 5.26 Å². The maximum Gasteiger partial charge on any atom is 0.152 e. The van der Waals surface area contributed by atoms with Crippen LogP contribution in [0.2, 0.25) is 0 Å². The molecule has 1 fully saturated rings. The van der Waals surface area contributed by atoms with E-state index in [2.05, 4.69) is 11.0 Å². The van der Waals surface area contributed by atoms with Crippen LogP contribution in [0.25, 0.3) is 0 Å². The number of hydrogen-bond acceptors (Lipinski definition) is 4. The highest BCUT2D eigenvalue weighted by molar-refractivity contribution is 7.91. The van der Waals surface area contributed by atoms with Crippen molar-refractivity contribution in [2.24, 2.45) is 0 Å². The van der Waals surface area contributed by atoms with Crippen LogP contribution in [0.4, 0.5) is 0 Å². The first-order valence-corrected chi connectivity index (χ1v) is 7.81. The quantitative estimate of drug-likeness (QED) is 0.827. The fraction of sp³-hybridized carbons (Fsp3) is 0.462.